The lowest BCUT2D eigenvalue weighted by atomic mass is 9.89. The van der Waals surface area contributed by atoms with Gasteiger partial charge in [0.05, 0.1) is 5.69 Å². The van der Waals surface area contributed by atoms with E-state index in [1.54, 1.807) is 12.3 Å². The molecule has 4 nitrogen and oxygen atoms in total. The maximum absolute atomic E-state index is 14.0. The Morgan fingerprint density at radius 3 is 2.41 bits per heavy atom. The zero-order valence-corrected chi connectivity index (χ0v) is 16.5. The molecule has 0 spiro atoms. The topological polar surface area (TPSA) is 33.4 Å². The molecule has 1 saturated heterocycles. The first kappa shape index (κ1) is 19.7. The van der Waals surface area contributed by atoms with Gasteiger partial charge in [-0.15, -0.1) is 10.2 Å². The maximum atomic E-state index is 14.0. The lowest BCUT2D eigenvalue weighted by Gasteiger charge is -2.35. The molecule has 3 aromatic rings. The third-order valence-electron chi connectivity index (χ3n) is 5.77. The van der Waals surface area contributed by atoms with Crippen LogP contribution in [0.15, 0.2) is 42.6 Å². The van der Waals surface area contributed by atoms with Crippen LogP contribution in [0.4, 0.5) is 18.9 Å². The summed E-state index contributed by atoms with van der Waals surface area (Å²) in [4.78, 5) is 1.85. The average Bonchev–Trinajstić information content (AvgIpc) is 3.14. The van der Waals surface area contributed by atoms with Crippen LogP contribution >= 0.6 is 0 Å². The van der Waals surface area contributed by atoms with Crippen LogP contribution in [0.25, 0.3) is 5.65 Å². The molecule has 0 amide bonds. The van der Waals surface area contributed by atoms with E-state index in [0.717, 1.165) is 25.7 Å². The highest BCUT2D eigenvalue weighted by Gasteiger charge is 2.39. The van der Waals surface area contributed by atoms with Crippen molar-refractivity contribution in [2.75, 3.05) is 18.0 Å². The number of alkyl halides is 3. The van der Waals surface area contributed by atoms with Crippen LogP contribution in [0.2, 0.25) is 0 Å². The summed E-state index contributed by atoms with van der Waals surface area (Å²) in [5.74, 6) is 0.973. The molecule has 154 valence electrons. The SMILES string of the molecule is CCCCc1nnc2c(C(F)(F)F)c(N3CCC(c4ccccc4)CC3)ccn12. The summed E-state index contributed by atoms with van der Waals surface area (Å²) in [5, 5.41) is 7.96. The van der Waals surface area contributed by atoms with Crippen LogP contribution in [0.3, 0.4) is 0 Å². The smallest absolute Gasteiger partial charge is 0.371 e. The second-order valence-corrected chi connectivity index (χ2v) is 7.66. The van der Waals surface area contributed by atoms with Gasteiger partial charge in [0.1, 0.15) is 11.4 Å². The first-order valence-electron chi connectivity index (χ1n) is 10.2. The third kappa shape index (κ3) is 3.95. The largest absolute Gasteiger partial charge is 0.422 e. The van der Waals surface area contributed by atoms with Crippen LogP contribution in [0, 0.1) is 0 Å². The van der Waals surface area contributed by atoms with Crippen LogP contribution in [-0.2, 0) is 12.6 Å². The number of hydrogen-bond donors (Lipinski definition) is 0. The lowest BCUT2D eigenvalue weighted by molar-refractivity contribution is -0.136. The monoisotopic (exact) mass is 402 g/mol. The van der Waals surface area contributed by atoms with Gasteiger partial charge in [0.2, 0.25) is 0 Å². The molecule has 0 unspecified atom stereocenters. The minimum atomic E-state index is -4.48. The summed E-state index contributed by atoms with van der Waals surface area (Å²) in [5.41, 5.74) is 0.710. The number of hydrogen-bond acceptors (Lipinski definition) is 3. The zero-order chi connectivity index (χ0) is 20.4. The molecule has 3 heterocycles. The van der Waals surface area contributed by atoms with Crippen molar-refractivity contribution in [3.05, 3.63) is 59.5 Å². The van der Waals surface area contributed by atoms with Crippen molar-refractivity contribution in [1.29, 1.82) is 0 Å². The van der Waals surface area contributed by atoms with E-state index in [4.69, 9.17) is 0 Å². The number of rotatable bonds is 5. The Bertz CT molecular complexity index is 957. The Morgan fingerprint density at radius 2 is 1.76 bits per heavy atom. The molecule has 1 aromatic carbocycles. The second-order valence-electron chi connectivity index (χ2n) is 7.66. The highest BCUT2D eigenvalue weighted by Crippen LogP contribution is 2.41. The van der Waals surface area contributed by atoms with Gasteiger partial charge in [-0.1, -0.05) is 43.7 Å². The maximum Gasteiger partial charge on any atom is 0.422 e. The van der Waals surface area contributed by atoms with Gasteiger partial charge in [-0.25, -0.2) is 0 Å². The van der Waals surface area contributed by atoms with Gasteiger partial charge in [-0.05, 0) is 36.8 Å². The number of nitrogens with zero attached hydrogens (tertiary/aromatic N) is 4. The fourth-order valence-electron chi connectivity index (χ4n) is 4.21. The minimum absolute atomic E-state index is 0.0914. The number of piperidine rings is 1. The normalized spacial score (nSPS) is 15.9. The van der Waals surface area contributed by atoms with Crippen molar-refractivity contribution in [2.24, 2.45) is 0 Å². The number of benzene rings is 1. The molecule has 0 bridgehead atoms. The summed E-state index contributed by atoms with van der Waals surface area (Å²) >= 11 is 0. The second kappa shape index (κ2) is 8.05. The summed E-state index contributed by atoms with van der Waals surface area (Å²) in [6.45, 7) is 3.23. The van der Waals surface area contributed by atoms with Crippen molar-refractivity contribution in [1.82, 2.24) is 14.6 Å². The Labute approximate surface area is 168 Å². The van der Waals surface area contributed by atoms with Crippen molar-refractivity contribution in [2.45, 2.75) is 51.1 Å². The number of aromatic nitrogens is 3. The molecule has 0 saturated carbocycles. The Hall–Kier alpha value is -2.57. The molecule has 1 fully saturated rings. The van der Waals surface area contributed by atoms with Crippen LogP contribution in [-0.4, -0.2) is 27.7 Å². The van der Waals surface area contributed by atoms with Gasteiger partial charge in [-0.3, -0.25) is 4.40 Å². The predicted octanol–water partition coefficient (Wildman–Crippen LogP) is 5.47. The molecule has 7 heteroatoms. The fourth-order valence-corrected chi connectivity index (χ4v) is 4.21. The van der Waals surface area contributed by atoms with Crippen molar-refractivity contribution in [3.8, 4) is 0 Å². The van der Waals surface area contributed by atoms with Gasteiger partial charge >= 0.3 is 6.18 Å². The molecule has 2 aromatic heterocycles. The predicted molar refractivity (Wildman–Crippen MR) is 107 cm³/mol. The number of halogens is 3. The van der Waals surface area contributed by atoms with Gasteiger partial charge < -0.3 is 4.90 Å². The Kier molecular flexibility index (Phi) is 5.48. The van der Waals surface area contributed by atoms with Gasteiger partial charge in [0.15, 0.2) is 5.65 Å². The lowest BCUT2D eigenvalue weighted by Crippen LogP contribution is -2.34. The summed E-state index contributed by atoms with van der Waals surface area (Å²) in [6.07, 6.45) is 1.32. The zero-order valence-electron chi connectivity index (χ0n) is 16.5. The standard InChI is InChI=1S/C22H25F3N4/c1-2-3-9-19-26-27-21-20(22(23,24)25)18(12-15-29(19)21)28-13-10-17(11-14-28)16-7-5-4-6-8-16/h4-8,12,15,17H,2-3,9-11,13-14H2,1H3. The van der Waals surface area contributed by atoms with Crippen molar-refractivity contribution in [3.63, 3.8) is 0 Å². The number of unbranched alkanes of at least 4 members (excludes halogenated alkanes) is 1. The van der Waals surface area contributed by atoms with Gasteiger partial charge in [0.25, 0.3) is 0 Å². The number of fused-ring (bicyclic) bond motifs is 1. The van der Waals surface area contributed by atoms with Gasteiger partial charge in [-0.2, -0.15) is 13.2 Å². The van der Waals surface area contributed by atoms with E-state index in [1.807, 2.05) is 30.0 Å². The number of pyridine rings is 1. The van der Waals surface area contributed by atoms with E-state index in [9.17, 15) is 13.2 Å². The fraction of sp³-hybridized carbons (Fsp3) is 0.455. The van der Waals surface area contributed by atoms with Crippen LogP contribution < -0.4 is 4.90 Å². The van der Waals surface area contributed by atoms with Crippen LogP contribution in [0.1, 0.15) is 55.5 Å². The molecular formula is C22H25F3N4. The quantitative estimate of drug-likeness (QED) is 0.567. The van der Waals surface area contributed by atoms with E-state index >= 15 is 0 Å². The van der Waals surface area contributed by atoms with Crippen LogP contribution in [0.5, 0.6) is 0 Å². The van der Waals surface area contributed by atoms with Crippen molar-refractivity contribution >= 4 is 11.3 Å². The Balaban J connectivity index is 1.64. The Morgan fingerprint density at radius 1 is 1.03 bits per heavy atom. The molecule has 1 aliphatic rings. The number of anilines is 1. The number of aryl methyl sites for hydroxylation is 1. The minimum Gasteiger partial charge on any atom is -0.371 e. The first-order chi connectivity index (χ1) is 14.0. The molecular weight excluding hydrogens is 377 g/mol. The summed E-state index contributed by atoms with van der Waals surface area (Å²) < 4.78 is 43.6. The van der Waals surface area contributed by atoms with E-state index in [0.29, 0.717) is 31.3 Å². The molecule has 0 aliphatic carbocycles. The highest BCUT2D eigenvalue weighted by atomic mass is 19.4. The highest BCUT2D eigenvalue weighted by molar-refractivity contribution is 5.67. The molecule has 0 atom stereocenters. The summed E-state index contributed by atoms with van der Waals surface area (Å²) in [7, 11) is 0. The molecule has 0 N–H and O–H groups in total. The molecule has 4 rings (SSSR count). The average molecular weight is 402 g/mol. The molecule has 29 heavy (non-hydrogen) atoms. The van der Waals surface area contributed by atoms with Gasteiger partial charge in [0, 0.05) is 25.7 Å². The van der Waals surface area contributed by atoms with E-state index in [1.165, 1.54) is 9.96 Å². The summed E-state index contributed by atoms with van der Waals surface area (Å²) in [6, 6.07) is 11.8. The van der Waals surface area contributed by atoms with E-state index in [2.05, 4.69) is 22.3 Å². The third-order valence-corrected chi connectivity index (χ3v) is 5.77. The van der Waals surface area contributed by atoms with E-state index in [-0.39, 0.29) is 11.3 Å². The molecule has 1 aliphatic heterocycles. The van der Waals surface area contributed by atoms with E-state index < -0.39 is 11.7 Å². The first-order valence-corrected chi connectivity index (χ1v) is 10.2. The van der Waals surface area contributed by atoms with Crippen molar-refractivity contribution < 1.29 is 13.2 Å². The molecule has 0 radical (unpaired) electrons.